The van der Waals surface area contributed by atoms with Crippen molar-refractivity contribution in [3.8, 4) is 0 Å². The first-order valence-corrected chi connectivity index (χ1v) is 7.79. The van der Waals surface area contributed by atoms with Gasteiger partial charge in [-0.15, -0.1) is 0 Å². The molecule has 0 aromatic heterocycles. The molecule has 1 aliphatic carbocycles. The highest BCUT2D eigenvalue weighted by Crippen LogP contribution is 2.40. The predicted molar refractivity (Wildman–Crippen MR) is 77.7 cm³/mol. The lowest BCUT2D eigenvalue weighted by atomic mass is 9.69. The molecule has 1 heterocycles. The number of carbonyl (C=O) groups is 2. The summed E-state index contributed by atoms with van der Waals surface area (Å²) in [6, 6.07) is -0.369. The quantitative estimate of drug-likeness (QED) is 0.802. The number of morpholine rings is 1. The summed E-state index contributed by atoms with van der Waals surface area (Å²) in [6.45, 7) is 3.78. The molecule has 2 rings (SSSR count). The molecule has 0 spiro atoms. The van der Waals surface area contributed by atoms with E-state index in [2.05, 4.69) is 6.92 Å². The minimum atomic E-state index is -0.901. The van der Waals surface area contributed by atoms with E-state index in [-0.39, 0.29) is 18.4 Å². The fraction of sp³-hybridized carbons (Fsp3) is 0.867. The van der Waals surface area contributed by atoms with Crippen molar-refractivity contribution in [2.75, 3.05) is 26.3 Å². The number of hydrogen-bond acceptors (Lipinski definition) is 4. The van der Waals surface area contributed by atoms with E-state index in [0.717, 1.165) is 25.7 Å². The molecule has 0 bridgehead atoms. The van der Waals surface area contributed by atoms with Crippen molar-refractivity contribution in [1.29, 1.82) is 0 Å². The standard InChI is InChI=1S/C15H26N2O4/c1-11-2-4-15(10-16,5-3-11)14(20)17-6-7-21-9-12(17)8-13(18)19/h11-12H,2-10,16H2,1H3,(H,18,19). The van der Waals surface area contributed by atoms with Gasteiger partial charge in [0.05, 0.1) is 31.1 Å². The normalized spacial score (nSPS) is 33.7. The molecule has 0 radical (unpaired) electrons. The van der Waals surface area contributed by atoms with Gasteiger partial charge in [0.15, 0.2) is 0 Å². The van der Waals surface area contributed by atoms with Gasteiger partial charge in [-0.1, -0.05) is 6.92 Å². The highest BCUT2D eigenvalue weighted by molar-refractivity contribution is 5.84. The van der Waals surface area contributed by atoms with Crippen LogP contribution in [0, 0.1) is 11.3 Å². The van der Waals surface area contributed by atoms with Gasteiger partial charge < -0.3 is 20.5 Å². The van der Waals surface area contributed by atoms with E-state index in [1.54, 1.807) is 4.90 Å². The molecule has 0 aromatic rings. The number of carboxylic acids is 1. The Labute approximate surface area is 125 Å². The fourth-order valence-corrected chi connectivity index (χ4v) is 3.42. The number of aliphatic carboxylic acids is 1. The Hall–Kier alpha value is -1.14. The second-order valence-corrected chi connectivity index (χ2v) is 6.49. The summed E-state index contributed by atoms with van der Waals surface area (Å²) in [5.74, 6) is -0.231. The van der Waals surface area contributed by atoms with Gasteiger partial charge >= 0.3 is 5.97 Å². The summed E-state index contributed by atoms with van der Waals surface area (Å²) >= 11 is 0. The maximum atomic E-state index is 13.0. The smallest absolute Gasteiger partial charge is 0.305 e. The molecule has 1 aliphatic heterocycles. The number of nitrogens with zero attached hydrogens (tertiary/aromatic N) is 1. The van der Waals surface area contributed by atoms with Crippen LogP contribution in [0.1, 0.15) is 39.0 Å². The van der Waals surface area contributed by atoms with Gasteiger partial charge in [-0.2, -0.15) is 0 Å². The predicted octanol–water partition coefficient (Wildman–Crippen LogP) is 0.844. The molecule has 0 aromatic carbocycles. The summed E-state index contributed by atoms with van der Waals surface area (Å²) in [4.78, 5) is 25.7. The van der Waals surface area contributed by atoms with Crippen LogP contribution in [0.25, 0.3) is 0 Å². The Bertz CT molecular complexity index is 391. The maximum absolute atomic E-state index is 13.0. The molecule has 21 heavy (non-hydrogen) atoms. The zero-order chi connectivity index (χ0) is 15.5. The number of nitrogens with two attached hydrogens (primary N) is 1. The second kappa shape index (κ2) is 6.75. The summed E-state index contributed by atoms with van der Waals surface area (Å²) in [7, 11) is 0. The third-order valence-electron chi connectivity index (χ3n) is 4.97. The second-order valence-electron chi connectivity index (χ2n) is 6.49. The van der Waals surface area contributed by atoms with Crippen molar-refractivity contribution in [3.05, 3.63) is 0 Å². The maximum Gasteiger partial charge on any atom is 0.305 e. The first-order valence-electron chi connectivity index (χ1n) is 7.79. The molecular formula is C15H26N2O4. The van der Waals surface area contributed by atoms with Crippen LogP contribution in [0.2, 0.25) is 0 Å². The summed E-state index contributed by atoms with van der Waals surface area (Å²) in [6.07, 6.45) is 3.57. The van der Waals surface area contributed by atoms with Crippen LogP contribution in [0.4, 0.5) is 0 Å². The Balaban J connectivity index is 2.12. The number of ether oxygens (including phenoxy) is 1. The van der Waals surface area contributed by atoms with Gasteiger partial charge in [0, 0.05) is 13.1 Å². The third kappa shape index (κ3) is 3.55. The summed E-state index contributed by atoms with van der Waals surface area (Å²) in [5.41, 5.74) is 5.44. The Morgan fingerprint density at radius 2 is 2.05 bits per heavy atom. The van der Waals surface area contributed by atoms with Gasteiger partial charge in [0.2, 0.25) is 5.91 Å². The van der Waals surface area contributed by atoms with E-state index in [4.69, 9.17) is 15.6 Å². The van der Waals surface area contributed by atoms with Gasteiger partial charge in [0.25, 0.3) is 0 Å². The number of rotatable bonds is 4. The van der Waals surface area contributed by atoms with Crippen molar-refractivity contribution in [3.63, 3.8) is 0 Å². The van der Waals surface area contributed by atoms with Crippen LogP contribution >= 0.6 is 0 Å². The van der Waals surface area contributed by atoms with E-state index in [1.807, 2.05) is 0 Å². The lowest BCUT2D eigenvalue weighted by Gasteiger charge is -2.44. The molecule has 6 nitrogen and oxygen atoms in total. The van der Waals surface area contributed by atoms with Crippen molar-refractivity contribution >= 4 is 11.9 Å². The lowest BCUT2D eigenvalue weighted by Crippen LogP contribution is -2.57. The highest BCUT2D eigenvalue weighted by Gasteiger charge is 2.44. The van der Waals surface area contributed by atoms with Crippen LogP contribution in [-0.4, -0.2) is 54.2 Å². The van der Waals surface area contributed by atoms with Crippen LogP contribution in [0.15, 0.2) is 0 Å². The minimum Gasteiger partial charge on any atom is -0.481 e. The zero-order valence-corrected chi connectivity index (χ0v) is 12.7. The Kier molecular flexibility index (Phi) is 5.22. The average molecular weight is 298 g/mol. The van der Waals surface area contributed by atoms with Crippen molar-refractivity contribution in [2.45, 2.75) is 45.1 Å². The number of amides is 1. The fourth-order valence-electron chi connectivity index (χ4n) is 3.42. The van der Waals surface area contributed by atoms with Crippen molar-refractivity contribution in [2.24, 2.45) is 17.1 Å². The van der Waals surface area contributed by atoms with Crippen LogP contribution < -0.4 is 5.73 Å². The highest BCUT2D eigenvalue weighted by atomic mass is 16.5. The molecule has 120 valence electrons. The SMILES string of the molecule is CC1CCC(CN)(C(=O)N2CCOCC2CC(=O)O)CC1. The molecule has 1 saturated heterocycles. The molecule has 1 unspecified atom stereocenters. The van der Waals surface area contributed by atoms with E-state index < -0.39 is 11.4 Å². The van der Waals surface area contributed by atoms with Crippen molar-refractivity contribution in [1.82, 2.24) is 4.90 Å². The topological polar surface area (TPSA) is 92.9 Å². The molecular weight excluding hydrogens is 272 g/mol. The van der Waals surface area contributed by atoms with Gasteiger partial charge in [-0.05, 0) is 31.6 Å². The third-order valence-corrected chi connectivity index (χ3v) is 4.97. The molecule has 3 N–H and O–H groups in total. The van der Waals surface area contributed by atoms with E-state index in [0.29, 0.717) is 32.2 Å². The van der Waals surface area contributed by atoms with Crippen LogP contribution in [0.5, 0.6) is 0 Å². The van der Waals surface area contributed by atoms with Crippen LogP contribution in [0.3, 0.4) is 0 Å². The molecule has 1 saturated carbocycles. The molecule has 2 fully saturated rings. The average Bonchev–Trinajstić information content (AvgIpc) is 2.48. The lowest BCUT2D eigenvalue weighted by molar-refractivity contribution is -0.155. The van der Waals surface area contributed by atoms with Crippen LogP contribution in [-0.2, 0) is 14.3 Å². The monoisotopic (exact) mass is 298 g/mol. The molecule has 6 heteroatoms. The van der Waals surface area contributed by atoms with E-state index in [1.165, 1.54) is 0 Å². The summed E-state index contributed by atoms with van der Waals surface area (Å²) in [5, 5.41) is 9.01. The molecule has 1 amide bonds. The number of hydrogen-bond donors (Lipinski definition) is 2. The van der Waals surface area contributed by atoms with Crippen molar-refractivity contribution < 1.29 is 19.4 Å². The largest absolute Gasteiger partial charge is 0.481 e. The summed E-state index contributed by atoms with van der Waals surface area (Å²) < 4.78 is 5.35. The number of carbonyl (C=O) groups excluding carboxylic acids is 1. The molecule has 2 aliphatic rings. The first-order chi connectivity index (χ1) is 9.98. The van der Waals surface area contributed by atoms with E-state index >= 15 is 0 Å². The van der Waals surface area contributed by atoms with Gasteiger partial charge in [0.1, 0.15) is 0 Å². The minimum absolute atomic E-state index is 0.0338. The van der Waals surface area contributed by atoms with E-state index in [9.17, 15) is 9.59 Å². The Morgan fingerprint density at radius 1 is 1.38 bits per heavy atom. The first kappa shape index (κ1) is 16.2. The van der Waals surface area contributed by atoms with Gasteiger partial charge in [-0.25, -0.2) is 0 Å². The molecule has 1 atom stereocenters. The van der Waals surface area contributed by atoms with Gasteiger partial charge in [-0.3, -0.25) is 9.59 Å². The Morgan fingerprint density at radius 3 is 2.62 bits per heavy atom. The zero-order valence-electron chi connectivity index (χ0n) is 12.7. The number of carboxylic acid groups (broad SMARTS) is 1.